The fraction of sp³-hybridized carbons (Fsp3) is 0.182. The van der Waals surface area contributed by atoms with Gasteiger partial charge in [0.15, 0.2) is 5.75 Å². The van der Waals surface area contributed by atoms with Crippen molar-refractivity contribution < 1.29 is 28.9 Å². The van der Waals surface area contributed by atoms with Gasteiger partial charge >= 0.3 is 11.8 Å². The molecule has 0 atom stereocenters. The van der Waals surface area contributed by atoms with E-state index in [0.29, 0.717) is 6.20 Å². The molecule has 1 aromatic carbocycles. The number of methoxy groups -OCH3 is 2. The normalized spacial score (nSPS) is 10.2. The molecule has 0 radical (unpaired) electrons. The summed E-state index contributed by atoms with van der Waals surface area (Å²) < 4.78 is 13.8. The van der Waals surface area contributed by atoms with E-state index in [4.69, 9.17) is 9.47 Å². The highest BCUT2D eigenvalue weighted by Gasteiger charge is 2.27. The van der Waals surface area contributed by atoms with Crippen molar-refractivity contribution in [2.24, 2.45) is 0 Å². The van der Waals surface area contributed by atoms with E-state index in [-0.39, 0.29) is 11.3 Å². The summed E-state index contributed by atoms with van der Waals surface area (Å²) >= 11 is 0. The fourth-order valence-electron chi connectivity index (χ4n) is 1.42. The molecule has 0 unspecified atom stereocenters. The van der Waals surface area contributed by atoms with Crippen LogP contribution < -0.4 is 9.47 Å². The second-order valence-electron chi connectivity index (χ2n) is 3.45. The van der Waals surface area contributed by atoms with Crippen LogP contribution in [0.1, 0.15) is 5.56 Å². The maximum Gasteiger partial charge on any atom is 0.513 e. The first-order valence-electron chi connectivity index (χ1n) is 5.33. The van der Waals surface area contributed by atoms with Gasteiger partial charge < -0.3 is 14.2 Å². The Morgan fingerprint density at radius 3 is 2.38 bits per heavy atom. The van der Waals surface area contributed by atoms with Crippen molar-refractivity contribution in [2.45, 2.75) is 0 Å². The minimum absolute atomic E-state index is 0.0923. The van der Waals surface area contributed by atoms with Gasteiger partial charge in [0.25, 0.3) is 5.75 Å². The monoisotopic (exact) mass is 298 g/mol. The molecule has 112 valence electrons. The van der Waals surface area contributed by atoms with E-state index in [0.717, 1.165) is 13.2 Å². The molecule has 21 heavy (non-hydrogen) atoms. The third-order valence-corrected chi connectivity index (χ3v) is 2.26. The van der Waals surface area contributed by atoms with Crippen molar-refractivity contribution in [1.82, 2.24) is 0 Å². The summed E-state index contributed by atoms with van der Waals surface area (Å²) in [7, 11) is 2.24. The molecule has 0 aliphatic heterocycles. The Labute approximate surface area is 117 Å². The summed E-state index contributed by atoms with van der Waals surface area (Å²) in [6, 6.07) is 2.49. The Morgan fingerprint density at radius 1 is 1.24 bits per heavy atom. The predicted octanol–water partition coefficient (Wildman–Crippen LogP) is 2.00. The summed E-state index contributed by atoms with van der Waals surface area (Å²) in [6.45, 7) is 0. The topological polar surface area (TPSA) is 131 Å². The molecule has 10 nitrogen and oxygen atoms in total. The third-order valence-electron chi connectivity index (χ3n) is 2.26. The lowest BCUT2D eigenvalue weighted by Gasteiger charge is -2.09. The lowest BCUT2D eigenvalue weighted by molar-refractivity contribution is -0.401. The molecule has 0 N–H and O–H groups in total. The third kappa shape index (κ3) is 3.89. The molecular weight excluding hydrogens is 288 g/mol. The van der Waals surface area contributed by atoms with Crippen LogP contribution in [-0.2, 0) is 4.74 Å². The van der Waals surface area contributed by atoms with E-state index < -0.39 is 27.4 Å². The van der Waals surface area contributed by atoms with Crippen LogP contribution in [0.2, 0.25) is 0 Å². The lowest BCUT2D eigenvalue weighted by Crippen LogP contribution is -2.10. The van der Waals surface area contributed by atoms with Crippen LogP contribution >= 0.6 is 0 Å². The number of hydrogen-bond donors (Lipinski definition) is 0. The van der Waals surface area contributed by atoms with Crippen molar-refractivity contribution in [3.63, 3.8) is 0 Å². The van der Waals surface area contributed by atoms with Gasteiger partial charge in [0.1, 0.15) is 0 Å². The predicted molar refractivity (Wildman–Crippen MR) is 68.7 cm³/mol. The fourth-order valence-corrected chi connectivity index (χ4v) is 1.42. The molecule has 0 amide bonds. The number of carbonyl (C=O) groups excluding carboxylic acids is 1. The van der Waals surface area contributed by atoms with Gasteiger partial charge in [0.2, 0.25) is 6.20 Å². The number of carbonyl (C=O) groups is 1. The Kier molecular flexibility index (Phi) is 5.17. The number of ether oxygens (including phenoxy) is 3. The van der Waals surface area contributed by atoms with Crippen LogP contribution in [-0.4, -0.2) is 30.2 Å². The van der Waals surface area contributed by atoms with Gasteiger partial charge in [-0.1, -0.05) is 0 Å². The first-order valence-corrected chi connectivity index (χ1v) is 5.33. The van der Waals surface area contributed by atoms with Gasteiger partial charge in [-0.25, -0.2) is 4.79 Å². The van der Waals surface area contributed by atoms with Crippen molar-refractivity contribution in [3.05, 3.63) is 44.1 Å². The van der Waals surface area contributed by atoms with E-state index in [1.807, 2.05) is 0 Å². The molecule has 0 aromatic heterocycles. The van der Waals surface area contributed by atoms with Crippen LogP contribution in [0.5, 0.6) is 11.5 Å². The summed E-state index contributed by atoms with van der Waals surface area (Å²) in [4.78, 5) is 31.0. The van der Waals surface area contributed by atoms with Crippen molar-refractivity contribution in [1.29, 1.82) is 0 Å². The molecule has 0 bridgehead atoms. The average molecular weight is 298 g/mol. The number of nitrogens with zero attached hydrogens (tertiary/aromatic N) is 2. The minimum Gasteiger partial charge on any atom is -0.493 e. The van der Waals surface area contributed by atoms with Crippen LogP contribution in [0.4, 0.5) is 10.5 Å². The van der Waals surface area contributed by atoms with Crippen molar-refractivity contribution in [3.8, 4) is 11.5 Å². The maximum absolute atomic E-state index is 11.2. The zero-order valence-corrected chi connectivity index (χ0v) is 11.0. The van der Waals surface area contributed by atoms with E-state index in [2.05, 4.69) is 4.74 Å². The average Bonchev–Trinajstić information content (AvgIpc) is 2.44. The molecule has 0 saturated heterocycles. The van der Waals surface area contributed by atoms with Gasteiger partial charge in [-0.05, 0) is 12.1 Å². The van der Waals surface area contributed by atoms with Crippen molar-refractivity contribution >= 4 is 17.9 Å². The zero-order valence-electron chi connectivity index (χ0n) is 11.0. The zero-order chi connectivity index (χ0) is 16.0. The number of hydrogen-bond acceptors (Lipinski definition) is 8. The highest BCUT2D eigenvalue weighted by molar-refractivity contribution is 5.75. The number of nitro benzene ring substituents is 1. The van der Waals surface area contributed by atoms with E-state index >= 15 is 0 Å². The van der Waals surface area contributed by atoms with Gasteiger partial charge in [-0.3, -0.25) is 20.2 Å². The van der Waals surface area contributed by atoms with Crippen LogP contribution in [0.15, 0.2) is 18.3 Å². The second kappa shape index (κ2) is 6.84. The molecule has 10 heteroatoms. The Morgan fingerprint density at radius 2 is 1.90 bits per heavy atom. The molecule has 1 rings (SSSR count). The van der Waals surface area contributed by atoms with Gasteiger partial charge in [-0.15, -0.1) is 0 Å². The summed E-state index contributed by atoms with van der Waals surface area (Å²) in [6.07, 6.45) is 0.241. The van der Waals surface area contributed by atoms with Crippen LogP contribution in [0.25, 0.3) is 6.08 Å². The van der Waals surface area contributed by atoms with E-state index in [9.17, 15) is 25.0 Å². The van der Waals surface area contributed by atoms with E-state index in [1.165, 1.54) is 19.2 Å². The molecule has 0 spiro atoms. The van der Waals surface area contributed by atoms with E-state index in [1.54, 1.807) is 0 Å². The highest BCUT2D eigenvalue weighted by atomic mass is 16.7. The lowest BCUT2D eigenvalue weighted by atomic mass is 10.1. The molecular formula is C11H10N2O8. The molecule has 0 fully saturated rings. The summed E-state index contributed by atoms with van der Waals surface area (Å²) in [5, 5.41) is 21.4. The van der Waals surface area contributed by atoms with Crippen molar-refractivity contribution in [2.75, 3.05) is 14.2 Å². The number of benzene rings is 1. The molecule has 1 aromatic rings. The summed E-state index contributed by atoms with van der Waals surface area (Å²) in [5.74, 6) is -0.592. The van der Waals surface area contributed by atoms with Gasteiger partial charge in [0, 0.05) is 6.08 Å². The second-order valence-corrected chi connectivity index (χ2v) is 3.45. The van der Waals surface area contributed by atoms with Gasteiger partial charge in [0.05, 0.1) is 29.6 Å². The molecule has 0 aliphatic rings. The first kappa shape index (κ1) is 15.9. The number of nitro groups is 2. The molecule has 0 saturated carbocycles. The maximum atomic E-state index is 11.2. The molecule has 0 heterocycles. The standard InChI is InChI=1S/C11H10N2O8/c1-19-8-4-3-7(5-6-12(15)16)9(13(17)18)10(8)21-11(14)20-2/h3-6H,1-2H3/b6-5+. The Bertz CT molecular complexity index is 610. The number of rotatable bonds is 5. The summed E-state index contributed by atoms with van der Waals surface area (Å²) in [5.41, 5.74) is -0.783. The SMILES string of the molecule is COC(=O)Oc1c(OC)ccc(/C=C/[N+](=O)[O-])c1[N+](=O)[O-]. The first-order chi connectivity index (χ1) is 9.90. The van der Waals surface area contributed by atoms with Crippen LogP contribution in [0.3, 0.4) is 0 Å². The smallest absolute Gasteiger partial charge is 0.493 e. The Hall–Kier alpha value is -3.17. The van der Waals surface area contributed by atoms with Gasteiger partial charge in [-0.2, -0.15) is 0 Å². The molecule has 0 aliphatic carbocycles. The minimum atomic E-state index is -1.19. The van der Waals surface area contributed by atoms with Crippen LogP contribution in [0, 0.1) is 20.2 Å². The quantitative estimate of drug-likeness (QED) is 0.349. The highest BCUT2D eigenvalue weighted by Crippen LogP contribution is 2.40. The Balaban J connectivity index is 3.47. The largest absolute Gasteiger partial charge is 0.513 e.